The summed E-state index contributed by atoms with van der Waals surface area (Å²) < 4.78 is 18.0. The van der Waals surface area contributed by atoms with Crippen LogP contribution in [-0.2, 0) is 0 Å². The third kappa shape index (κ3) is 4.17. The zero-order valence-corrected chi connectivity index (χ0v) is 18.7. The highest BCUT2D eigenvalue weighted by atomic mass is 19.1. The standard InChI is InChI=1S/C23H23FN8O2/c1-13-8-17(24)16(9-20(13)31-10-19(25-12-31)15-6-7-15)23(34)27-21-5-3-4-18(26-21)22-28-29-30-32(22)14(2)11-33/h3-5,8-10,12,14-15,33H,6-7,11H2,1-2H3,(H,26,27,34)/t14-/m1/s1. The first kappa shape index (κ1) is 21.8. The van der Waals surface area contributed by atoms with E-state index in [1.54, 1.807) is 38.4 Å². The maximum atomic E-state index is 14.8. The fraction of sp³-hybridized carbons (Fsp3) is 0.304. The Bertz CT molecular complexity index is 1360. The third-order valence-electron chi connectivity index (χ3n) is 5.80. The number of benzene rings is 1. The Labute approximate surface area is 194 Å². The van der Waals surface area contributed by atoms with Crippen LogP contribution in [0.4, 0.5) is 10.2 Å². The summed E-state index contributed by atoms with van der Waals surface area (Å²) in [6.45, 7) is 3.40. The second kappa shape index (κ2) is 8.75. The Morgan fingerprint density at radius 3 is 2.91 bits per heavy atom. The molecule has 0 aliphatic heterocycles. The number of hydrogen-bond donors (Lipinski definition) is 2. The SMILES string of the molecule is Cc1cc(F)c(C(=O)Nc2cccc(-c3nnnn3[C@H](C)CO)n2)cc1-n1cnc(C2CC2)c1. The number of nitrogens with zero attached hydrogens (tertiary/aromatic N) is 7. The van der Waals surface area contributed by atoms with Gasteiger partial charge < -0.3 is 15.0 Å². The first-order valence-corrected chi connectivity index (χ1v) is 11.0. The van der Waals surface area contributed by atoms with Gasteiger partial charge in [0.25, 0.3) is 5.91 Å². The van der Waals surface area contributed by atoms with Gasteiger partial charge in [-0.2, -0.15) is 0 Å². The van der Waals surface area contributed by atoms with Crippen LogP contribution in [-0.4, -0.2) is 52.4 Å². The van der Waals surface area contributed by atoms with Crippen molar-refractivity contribution in [3.8, 4) is 17.2 Å². The number of carbonyl (C=O) groups excluding carboxylic acids is 1. The predicted octanol–water partition coefficient (Wildman–Crippen LogP) is 3.05. The summed E-state index contributed by atoms with van der Waals surface area (Å²) in [5.41, 5.74) is 2.68. The van der Waals surface area contributed by atoms with Crippen LogP contribution in [0.2, 0.25) is 0 Å². The van der Waals surface area contributed by atoms with Crippen LogP contribution in [0.25, 0.3) is 17.2 Å². The number of hydrogen-bond acceptors (Lipinski definition) is 7. The van der Waals surface area contributed by atoms with Crippen LogP contribution in [0.5, 0.6) is 0 Å². The van der Waals surface area contributed by atoms with E-state index in [0.29, 0.717) is 28.7 Å². The minimum Gasteiger partial charge on any atom is -0.394 e. The van der Waals surface area contributed by atoms with E-state index in [1.807, 2.05) is 10.8 Å². The number of anilines is 1. The number of tetrazole rings is 1. The largest absolute Gasteiger partial charge is 0.394 e. The van der Waals surface area contributed by atoms with Crippen LogP contribution < -0.4 is 5.32 Å². The van der Waals surface area contributed by atoms with Gasteiger partial charge in [0.2, 0.25) is 5.82 Å². The molecule has 1 saturated carbocycles. The van der Waals surface area contributed by atoms with E-state index in [9.17, 15) is 14.3 Å². The van der Waals surface area contributed by atoms with Crippen molar-refractivity contribution in [1.29, 1.82) is 0 Å². The van der Waals surface area contributed by atoms with E-state index < -0.39 is 11.7 Å². The van der Waals surface area contributed by atoms with Crippen LogP contribution >= 0.6 is 0 Å². The van der Waals surface area contributed by atoms with Crippen LogP contribution in [0.3, 0.4) is 0 Å². The molecule has 34 heavy (non-hydrogen) atoms. The lowest BCUT2D eigenvalue weighted by Crippen LogP contribution is -2.16. The zero-order valence-electron chi connectivity index (χ0n) is 18.7. The highest BCUT2D eigenvalue weighted by molar-refractivity contribution is 6.04. The Kier molecular flexibility index (Phi) is 5.62. The van der Waals surface area contributed by atoms with Crippen molar-refractivity contribution in [1.82, 2.24) is 34.7 Å². The zero-order chi connectivity index (χ0) is 23.8. The molecule has 3 heterocycles. The second-order valence-electron chi connectivity index (χ2n) is 8.44. The molecule has 174 valence electrons. The monoisotopic (exact) mass is 462 g/mol. The lowest BCUT2D eigenvalue weighted by molar-refractivity contribution is 0.102. The number of halogens is 1. The van der Waals surface area contributed by atoms with Crippen LogP contribution in [0.1, 0.15) is 53.3 Å². The Morgan fingerprint density at radius 1 is 1.32 bits per heavy atom. The maximum Gasteiger partial charge on any atom is 0.259 e. The molecule has 10 nitrogen and oxygen atoms in total. The van der Waals surface area contributed by atoms with Gasteiger partial charge in [0.15, 0.2) is 0 Å². The van der Waals surface area contributed by atoms with Gasteiger partial charge in [-0.1, -0.05) is 6.07 Å². The fourth-order valence-electron chi connectivity index (χ4n) is 3.72. The quantitative estimate of drug-likeness (QED) is 0.433. The number of imidazole rings is 1. The van der Waals surface area contributed by atoms with Gasteiger partial charge in [-0.05, 0) is 66.9 Å². The summed E-state index contributed by atoms with van der Waals surface area (Å²) in [6.07, 6.45) is 5.88. The molecule has 1 atom stereocenters. The molecule has 0 saturated heterocycles. The number of aliphatic hydroxyl groups excluding tert-OH is 1. The first-order chi connectivity index (χ1) is 16.4. The maximum absolute atomic E-state index is 14.8. The van der Waals surface area contributed by atoms with Crippen molar-refractivity contribution < 1.29 is 14.3 Å². The molecule has 3 aromatic heterocycles. The third-order valence-corrected chi connectivity index (χ3v) is 5.80. The highest BCUT2D eigenvalue weighted by Gasteiger charge is 2.26. The number of aryl methyl sites for hydroxylation is 1. The molecule has 5 rings (SSSR count). The van der Waals surface area contributed by atoms with E-state index >= 15 is 0 Å². The number of carbonyl (C=O) groups is 1. The summed E-state index contributed by atoms with van der Waals surface area (Å²) >= 11 is 0. The number of amides is 1. The van der Waals surface area contributed by atoms with Gasteiger partial charge in [-0.3, -0.25) is 4.79 Å². The molecule has 1 amide bonds. The van der Waals surface area contributed by atoms with E-state index in [2.05, 4.69) is 30.8 Å². The molecule has 4 aromatic rings. The summed E-state index contributed by atoms with van der Waals surface area (Å²) in [4.78, 5) is 21.8. The highest BCUT2D eigenvalue weighted by Crippen LogP contribution is 2.39. The molecule has 1 fully saturated rings. The van der Waals surface area contributed by atoms with Gasteiger partial charge in [-0.25, -0.2) is 19.0 Å². The molecule has 0 spiro atoms. The van der Waals surface area contributed by atoms with Crippen molar-refractivity contribution in [3.63, 3.8) is 0 Å². The molecule has 0 bridgehead atoms. The summed E-state index contributed by atoms with van der Waals surface area (Å²) in [5, 5.41) is 23.6. The van der Waals surface area contributed by atoms with E-state index in [4.69, 9.17) is 0 Å². The number of rotatable bonds is 7. The second-order valence-corrected chi connectivity index (χ2v) is 8.44. The number of pyridine rings is 1. The first-order valence-electron chi connectivity index (χ1n) is 11.0. The molecular formula is C23H23FN8O2. The van der Waals surface area contributed by atoms with Gasteiger partial charge in [0, 0.05) is 12.1 Å². The van der Waals surface area contributed by atoms with Gasteiger partial charge in [-0.15, -0.1) is 5.10 Å². The molecule has 1 aliphatic rings. The predicted molar refractivity (Wildman–Crippen MR) is 121 cm³/mol. The molecule has 0 unspecified atom stereocenters. The van der Waals surface area contributed by atoms with Crippen LogP contribution in [0.15, 0.2) is 42.9 Å². The lowest BCUT2D eigenvalue weighted by atomic mass is 10.1. The molecule has 0 radical (unpaired) electrons. The molecule has 1 aliphatic carbocycles. The van der Waals surface area contributed by atoms with Gasteiger partial charge in [0.1, 0.15) is 17.3 Å². The average Bonchev–Trinajstić information content (AvgIpc) is 3.35. The van der Waals surface area contributed by atoms with E-state index in [1.165, 1.54) is 16.8 Å². The minimum absolute atomic E-state index is 0.104. The molecule has 11 heteroatoms. The Hall–Kier alpha value is -3.99. The van der Waals surface area contributed by atoms with Crippen molar-refractivity contribution in [2.24, 2.45) is 0 Å². The molecule has 2 N–H and O–H groups in total. The van der Waals surface area contributed by atoms with Crippen molar-refractivity contribution in [2.45, 2.75) is 38.6 Å². The summed E-state index contributed by atoms with van der Waals surface area (Å²) in [7, 11) is 0. The molecular weight excluding hydrogens is 439 g/mol. The number of aromatic nitrogens is 7. The average molecular weight is 462 g/mol. The van der Waals surface area contributed by atoms with E-state index in [-0.39, 0.29) is 24.0 Å². The number of nitrogens with one attached hydrogen (secondary N) is 1. The van der Waals surface area contributed by atoms with Gasteiger partial charge >= 0.3 is 0 Å². The Morgan fingerprint density at radius 2 is 2.15 bits per heavy atom. The summed E-state index contributed by atoms with van der Waals surface area (Å²) in [6, 6.07) is 7.47. The Balaban J connectivity index is 1.41. The minimum atomic E-state index is -0.630. The van der Waals surface area contributed by atoms with Crippen LogP contribution in [0, 0.1) is 12.7 Å². The van der Waals surface area contributed by atoms with E-state index in [0.717, 1.165) is 18.5 Å². The lowest BCUT2D eigenvalue weighted by Gasteiger charge is -2.12. The van der Waals surface area contributed by atoms with Gasteiger partial charge in [0.05, 0.1) is 35.9 Å². The normalized spacial score (nSPS) is 14.2. The van der Waals surface area contributed by atoms with Crippen molar-refractivity contribution in [2.75, 3.05) is 11.9 Å². The van der Waals surface area contributed by atoms with Crippen molar-refractivity contribution in [3.05, 3.63) is 65.5 Å². The smallest absolute Gasteiger partial charge is 0.259 e. The molecule has 1 aromatic carbocycles. The topological polar surface area (TPSA) is 124 Å². The summed E-state index contributed by atoms with van der Waals surface area (Å²) in [5.74, 6) is -0.209. The van der Waals surface area contributed by atoms with Crippen molar-refractivity contribution >= 4 is 11.7 Å². The number of aliphatic hydroxyl groups is 1. The fourth-order valence-corrected chi connectivity index (χ4v) is 3.72.